The third-order valence-corrected chi connectivity index (χ3v) is 6.02. The molecule has 1 aromatic carbocycles. The van der Waals surface area contributed by atoms with E-state index in [1.165, 1.54) is 4.31 Å². The van der Waals surface area contributed by atoms with Crippen molar-refractivity contribution in [2.45, 2.75) is 56.7 Å². The maximum absolute atomic E-state index is 12.9. The van der Waals surface area contributed by atoms with Crippen LogP contribution >= 0.6 is 0 Å². The number of nitrogens with zero attached hydrogens (tertiary/aromatic N) is 1. The van der Waals surface area contributed by atoms with Gasteiger partial charge in [-0.05, 0) is 51.8 Å². The number of ether oxygens (including phenoxy) is 1. The Labute approximate surface area is 133 Å². The van der Waals surface area contributed by atoms with Crippen LogP contribution in [0, 0.1) is 6.92 Å². The van der Waals surface area contributed by atoms with Crippen molar-refractivity contribution in [2.75, 3.05) is 13.2 Å². The molecule has 1 aromatic rings. The maximum atomic E-state index is 12.9. The summed E-state index contributed by atoms with van der Waals surface area (Å²) in [6, 6.07) is 6.85. The van der Waals surface area contributed by atoms with Gasteiger partial charge < -0.3 is 10.5 Å². The second-order valence-electron chi connectivity index (χ2n) is 5.92. The highest BCUT2D eigenvalue weighted by molar-refractivity contribution is 7.89. The standard InChI is InChI=1S/C16H26N2O3S/c1-13-7-9-15(10-8-13)22(19,20)18-14(2)12-21-16(18)6-4-3-5-11-17/h7-10,14,16H,3-6,11-12,17H2,1-2H3/t14-,16+/m1/s1. The topological polar surface area (TPSA) is 72.6 Å². The summed E-state index contributed by atoms with van der Waals surface area (Å²) < 4.78 is 33.0. The number of aryl methyl sites for hydroxylation is 1. The van der Waals surface area contributed by atoms with Crippen LogP contribution in [0.3, 0.4) is 0 Å². The minimum absolute atomic E-state index is 0.134. The number of rotatable bonds is 7. The summed E-state index contributed by atoms with van der Waals surface area (Å²) in [6.07, 6.45) is 3.25. The quantitative estimate of drug-likeness (QED) is 0.780. The van der Waals surface area contributed by atoms with Crippen LogP contribution in [0.25, 0.3) is 0 Å². The number of hydrogen-bond acceptors (Lipinski definition) is 4. The number of benzene rings is 1. The lowest BCUT2D eigenvalue weighted by atomic mass is 10.2. The van der Waals surface area contributed by atoms with E-state index in [0.29, 0.717) is 18.0 Å². The van der Waals surface area contributed by atoms with Gasteiger partial charge in [0.1, 0.15) is 6.23 Å². The van der Waals surface area contributed by atoms with Crippen molar-refractivity contribution >= 4 is 10.0 Å². The maximum Gasteiger partial charge on any atom is 0.245 e. The predicted molar refractivity (Wildman–Crippen MR) is 86.9 cm³/mol. The van der Waals surface area contributed by atoms with Crippen LogP contribution in [-0.2, 0) is 14.8 Å². The summed E-state index contributed by atoms with van der Waals surface area (Å²) >= 11 is 0. The highest BCUT2D eigenvalue weighted by atomic mass is 32.2. The summed E-state index contributed by atoms with van der Waals surface area (Å²) in [5.74, 6) is 0. The SMILES string of the molecule is Cc1ccc(S(=O)(=O)N2[C@H](C)CO[C@H]2CCCCCN)cc1. The lowest BCUT2D eigenvalue weighted by Gasteiger charge is -2.25. The van der Waals surface area contributed by atoms with Gasteiger partial charge in [-0.2, -0.15) is 4.31 Å². The summed E-state index contributed by atoms with van der Waals surface area (Å²) in [5, 5.41) is 0. The normalized spacial score (nSPS) is 23.0. The largest absolute Gasteiger partial charge is 0.360 e. The minimum Gasteiger partial charge on any atom is -0.360 e. The molecule has 1 fully saturated rings. The third-order valence-electron chi connectivity index (χ3n) is 4.00. The Morgan fingerprint density at radius 2 is 1.91 bits per heavy atom. The van der Waals surface area contributed by atoms with Crippen LogP contribution in [0.15, 0.2) is 29.2 Å². The summed E-state index contributed by atoms with van der Waals surface area (Å²) in [6.45, 7) is 4.96. The summed E-state index contributed by atoms with van der Waals surface area (Å²) in [5.41, 5.74) is 6.54. The zero-order chi connectivity index (χ0) is 16.2. The van der Waals surface area contributed by atoms with E-state index in [1.54, 1.807) is 12.1 Å². The number of hydrogen-bond donors (Lipinski definition) is 1. The van der Waals surface area contributed by atoms with E-state index < -0.39 is 10.0 Å². The lowest BCUT2D eigenvalue weighted by molar-refractivity contribution is 0.0591. The molecule has 0 unspecified atom stereocenters. The molecule has 0 saturated carbocycles. The van der Waals surface area contributed by atoms with Gasteiger partial charge >= 0.3 is 0 Å². The molecule has 2 atom stereocenters. The zero-order valence-corrected chi connectivity index (χ0v) is 14.2. The average Bonchev–Trinajstić information content (AvgIpc) is 2.86. The predicted octanol–water partition coefficient (Wildman–Crippen LogP) is 2.25. The Bertz CT molecular complexity index is 572. The van der Waals surface area contributed by atoms with E-state index in [4.69, 9.17) is 10.5 Å². The Hall–Kier alpha value is -0.950. The van der Waals surface area contributed by atoms with Crippen molar-refractivity contribution in [3.63, 3.8) is 0 Å². The second-order valence-corrected chi connectivity index (χ2v) is 7.77. The first kappa shape index (κ1) is 17.4. The van der Waals surface area contributed by atoms with E-state index in [-0.39, 0.29) is 12.3 Å². The number of nitrogens with two attached hydrogens (primary N) is 1. The second kappa shape index (κ2) is 7.55. The highest BCUT2D eigenvalue weighted by Crippen LogP contribution is 2.29. The van der Waals surface area contributed by atoms with Gasteiger partial charge in [-0.15, -0.1) is 0 Å². The third kappa shape index (κ3) is 3.87. The van der Waals surface area contributed by atoms with E-state index in [0.717, 1.165) is 31.2 Å². The van der Waals surface area contributed by atoms with Crippen LogP contribution in [0.2, 0.25) is 0 Å². The van der Waals surface area contributed by atoms with E-state index >= 15 is 0 Å². The smallest absolute Gasteiger partial charge is 0.245 e. The van der Waals surface area contributed by atoms with Crippen molar-refractivity contribution in [1.82, 2.24) is 4.31 Å². The summed E-state index contributed by atoms with van der Waals surface area (Å²) in [7, 11) is -3.51. The summed E-state index contributed by atoms with van der Waals surface area (Å²) in [4.78, 5) is 0.336. The molecule has 0 spiro atoms. The molecule has 1 heterocycles. The molecule has 6 heteroatoms. The monoisotopic (exact) mass is 326 g/mol. The molecule has 0 amide bonds. The molecule has 124 valence electrons. The van der Waals surface area contributed by atoms with Gasteiger partial charge in [-0.3, -0.25) is 0 Å². The van der Waals surface area contributed by atoms with E-state index in [9.17, 15) is 8.42 Å². The molecule has 0 radical (unpaired) electrons. The molecule has 1 aliphatic heterocycles. The Kier molecular flexibility index (Phi) is 5.97. The molecule has 0 aromatic heterocycles. The van der Waals surface area contributed by atoms with Crippen LogP contribution in [-0.4, -0.2) is 38.1 Å². The Morgan fingerprint density at radius 3 is 2.55 bits per heavy atom. The van der Waals surface area contributed by atoms with Crippen molar-refractivity contribution < 1.29 is 13.2 Å². The van der Waals surface area contributed by atoms with Crippen LogP contribution in [0.1, 0.15) is 38.2 Å². The van der Waals surface area contributed by atoms with Gasteiger partial charge in [0.05, 0.1) is 11.5 Å². The van der Waals surface area contributed by atoms with Gasteiger partial charge in [0.25, 0.3) is 0 Å². The van der Waals surface area contributed by atoms with Gasteiger partial charge in [-0.1, -0.05) is 24.1 Å². The fourth-order valence-electron chi connectivity index (χ4n) is 2.76. The van der Waals surface area contributed by atoms with Gasteiger partial charge in [0, 0.05) is 6.04 Å². The van der Waals surface area contributed by atoms with Crippen molar-refractivity contribution in [3.05, 3.63) is 29.8 Å². The van der Waals surface area contributed by atoms with Crippen molar-refractivity contribution in [1.29, 1.82) is 0 Å². The fraction of sp³-hybridized carbons (Fsp3) is 0.625. The Balaban J connectivity index is 2.13. The number of sulfonamides is 1. The molecule has 1 saturated heterocycles. The molecule has 22 heavy (non-hydrogen) atoms. The zero-order valence-electron chi connectivity index (χ0n) is 13.4. The molecule has 0 aliphatic carbocycles. The molecule has 0 bridgehead atoms. The van der Waals surface area contributed by atoms with E-state index in [2.05, 4.69) is 0 Å². The first-order valence-electron chi connectivity index (χ1n) is 7.88. The lowest BCUT2D eigenvalue weighted by Crippen LogP contribution is -2.40. The number of unbranched alkanes of at least 4 members (excludes halogenated alkanes) is 2. The minimum atomic E-state index is -3.51. The molecular weight excluding hydrogens is 300 g/mol. The van der Waals surface area contributed by atoms with Gasteiger partial charge in [0.15, 0.2) is 0 Å². The van der Waals surface area contributed by atoms with Crippen LogP contribution in [0.4, 0.5) is 0 Å². The first-order chi connectivity index (χ1) is 10.5. The van der Waals surface area contributed by atoms with Gasteiger partial charge in [0.2, 0.25) is 10.0 Å². The fourth-order valence-corrected chi connectivity index (χ4v) is 4.49. The van der Waals surface area contributed by atoms with Crippen LogP contribution < -0.4 is 5.73 Å². The van der Waals surface area contributed by atoms with Gasteiger partial charge in [-0.25, -0.2) is 8.42 Å². The molecule has 1 aliphatic rings. The van der Waals surface area contributed by atoms with Crippen molar-refractivity contribution in [3.8, 4) is 0 Å². The van der Waals surface area contributed by atoms with Crippen molar-refractivity contribution in [2.24, 2.45) is 5.73 Å². The van der Waals surface area contributed by atoms with Crippen LogP contribution in [0.5, 0.6) is 0 Å². The average molecular weight is 326 g/mol. The molecule has 2 N–H and O–H groups in total. The molecule has 2 rings (SSSR count). The Morgan fingerprint density at radius 1 is 1.23 bits per heavy atom. The van der Waals surface area contributed by atoms with E-state index in [1.807, 2.05) is 26.0 Å². The first-order valence-corrected chi connectivity index (χ1v) is 9.32. The molecule has 5 nitrogen and oxygen atoms in total. The highest BCUT2D eigenvalue weighted by Gasteiger charge is 2.40. The molecular formula is C16H26N2O3S.